The second kappa shape index (κ2) is 7.95. The summed E-state index contributed by atoms with van der Waals surface area (Å²) in [5.74, 6) is -0.411. The maximum Gasteiger partial charge on any atom is 0.322 e. The Morgan fingerprint density at radius 2 is 1.90 bits per heavy atom. The van der Waals surface area contributed by atoms with E-state index in [1.165, 1.54) is 6.07 Å². The van der Waals surface area contributed by atoms with Crippen molar-refractivity contribution in [2.75, 3.05) is 44.6 Å². The van der Waals surface area contributed by atoms with E-state index in [1.807, 2.05) is 0 Å². The molecule has 21 heavy (non-hydrogen) atoms. The minimum absolute atomic E-state index is 0.230. The normalized spacial score (nSPS) is 16.0. The highest BCUT2D eigenvalue weighted by molar-refractivity contribution is 5.89. The number of piperazine rings is 1. The molecule has 1 heterocycles. The molecule has 0 spiro atoms. The molecule has 0 aliphatic carbocycles. The van der Waals surface area contributed by atoms with Gasteiger partial charge in [-0.05, 0) is 38.1 Å². The number of amides is 2. The van der Waals surface area contributed by atoms with Gasteiger partial charge in [0, 0.05) is 26.2 Å². The molecular weight excluding hydrogens is 271 g/mol. The third-order valence-electron chi connectivity index (χ3n) is 3.70. The first kappa shape index (κ1) is 15.7. The van der Waals surface area contributed by atoms with Gasteiger partial charge >= 0.3 is 6.03 Å². The Morgan fingerprint density at radius 3 is 2.57 bits per heavy atom. The third-order valence-corrected chi connectivity index (χ3v) is 3.70. The summed E-state index contributed by atoms with van der Waals surface area (Å²) >= 11 is 0. The lowest BCUT2D eigenvalue weighted by Gasteiger charge is -2.34. The predicted octanol–water partition coefficient (Wildman–Crippen LogP) is 1.71. The fraction of sp³-hybridized carbons (Fsp3) is 0.533. The van der Waals surface area contributed by atoms with Gasteiger partial charge < -0.3 is 16.0 Å². The highest BCUT2D eigenvalue weighted by atomic mass is 19.1. The van der Waals surface area contributed by atoms with Crippen molar-refractivity contribution in [2.45, 2.75) is 12.8 Å². The number of hydrogen-bond acceptors (Lipinski definition) is 3. The van der Waals surface area contributed by atoms with Crippen molar-refractivity contribution in [3.63, 3.8) is 0 Å². The number of carbonyl (C=O) groups excluding carboxylic acids is 1. The van der Waals surface area contributed by atoms with Crippen molar-refractivity contribution in [2.24, 2.45) is 5.73 Å². The largest absolute Gasteiger partial charge is 0.330 e. The van der Waals surface area contributed by atoms with Crippen LogP contribution in [0.15, 0.2) is 24.3 Å². The van der Waals surface area contributed by atoms with E-state index in [0.717, 1.165) is 39.0 Å². The zero-order valence-electron chi connectivity index (χ0n) is 12.2. The molecule has 0 atom stereocenters. The maximum absolute atomic E-state index is 13.5. The molecule has 6 heteroatoms. The second-order valence-electron chi connectivity index (χ2n) is 5.23. The SMILES string of the molecule is NCCCCN1CCN(C(=O)Nc2ccccc2F)CC1. The summed E-state index contributed by atoms with van der Waals surface area (Å²) in [4.78, 5) is 16.2. The first-order valence-electron chi connectivity index (χ1n) is 7.43. The molecule has 0 aromatic heterocycles. The van der Waals surface area contributed by atoms with Crippen LogP contribution in [0, 0.1) is 5.82 Å². The van der Waals surface area contributed by atoms with Gasteiger partial charge in [0.2, 0.25) is 0 Å². The lowest BCUT2D eigenvalue weighted by atomic mass is 10.2. The zero-order chi connectivity index (χ0) is 15.1. The van der Waals surface area contributed by atoms with E-state index in [0.29, 0.717) is 13.1 Å². The summed E-state index contributed by atoms with van der Waals surface area (Å²) in [6, 6.07) is 5.97. The number of urea groups is 1. The average molecular weight is 294 g/mol. The average Bonchev–Trinajstić information content (AvgIpc) is 2.50. The van der Waals surface area contributed by atoms with Gasteiger partial charge in [-0.3, -0.25) is 4.90 Å². The van der Waals surface area contributed by atoms with Crippen LogP contribution in [-0.4, -0.2) is 55.1 Å². The Hall–Kier alpha value is -1.66. The number of carbonyl (C=O) groups is 1. The Balaban J connectivity index is 1.77. The summed E-state index contributed by atoms with van der Waals surface area (Å²) in [6.07, 6.45) is 2.13. The maximum atomic E-state index is 13.5. The standard InChI is InChI=1S/C15H23FN4O/c16-13-5-1-2-6-14(13)18-15(21)20-11-9-19(10-12-20)8-4-3-7-17/h1-2,5-6H,3-4,7-12,17H2,(H,18,21). The van der Waals surface area contributed by atoms with E-state index in [4.69, 9.17) is 5.73 Å². The van der Waals surface area contributed by atoms with Crippen molar-refractivity contribution in [3.8, 4) is 0 Å². The number of nitrogens with zero attached hydrogens (tertiary/aromatic N) is 2. The number of nitrogens with two attached hydrogens (primary N) is 1. The summed E-state index contributed by atoms with van der Waals surface area (Å²) in [6.45, 7) is 4.81. The van der Waals surface area contributed by atoms with Crippen molar-refractivity contribution in [3.05, 3.63) is 30.1 Å². The number of hydrogen-bond donors (Lipinski definition) is 2. The molecule has 0 saturated carbocycles. The highest BCUT2D eigenvalue weighted by Gasteiger charge is 2.21. The zero-order valence-corrected chi connectivity index (χ0v) is 12.2. The van der Waals surface area contributed by atoms with Crippen LogP contribution < -0.4 is 11.1 Å². The van der Waals surface area contributed by atoms with Crippen molar-refractivity contribution in [1.29, 1.82) is 0 Å². The smallest absolute Gasteiger partial charge is 0.322 e. The summed E-state index contributed by atoms with van der Waals surface area (Å²) in [7, 11) is 0. The molecule has 1 saturated heterocycles. The van der Waals surface area contributed by atoms with E-state index in [1.54, 1.807) is 23.1 Å². The van der Waals surface area contributed by atoms with Crippen LogP contribution >= 0.6 is 0 Å². The lowest BCUT2D eigenvalue weighted by Crippen LogP contribution is -2.50. The fourth-order valence-electron chi connectivity index (χ4n) is 2.41. The van der Waals surface area contributed by atoms with Crippen LogP contribution in [0.5, 0.6) is 0 Å². The number of rotatable bonds is 5. The molecule has 1 aromatic rings. The van der Waals surface area contributed by atoms with E-state index < -0.39 is 5.82 Å². The first-order valence-corrected chi connectivity index (χ1v) is 7.43. The van der Waals surface area contributed by atoms with Gasteiger partial charge in [-0.15, -0.1) is 0 Å². The minimum atomic E-state index is -0.411. The number of unbranched alkanes of at least 4 members (excludes halogenated alkanes) is 1. The molecule has 1 aliphatic rings. The van der Waals surface area contributed by atoms with Gasteiger partial charge in [0.15, 0.2) is 0 Å². The quantitative estimate of drug-likeness (QED) is 0.813. The molecule has 0 bridgehead atoms. The predicted molar refractivity (Wildman–Crippen MR) is 81.7 cm³/mol. The third kappa shape index (κ3) is 4.68. The fourth-order valence-corrected chi connectivity index (χ4v) is 2.41. The van der Waals surface area contributed by atoms with E-state index in [9.17, 15) is 9.18 Å². The number of nitrogens with one attached hydrogen (secondary N) is 1. The van der Waals surface area contributed by atoms with Crippen molar-refractivity contribution >= 4 is 11.7 Å². The van der Waals surface area contributed by atoms with Crippen LogP contribution in [0.2, 0.25) is 0 Å². The Bertz CT molecular complexity index is 461. The van der Waals surface area contributed by atoms with Gasteiger partial charge in [-0.25, -0.2) is 9.18 Å². The number of anilines is 1. The number of halogens is 1. The van der Waals surface area contributed by atoms with Crippen LogP contribution in [0.25, 0.3) is 0 Å². The van der Waals surface area contributed by atoms with E-state index in [2.05, 4.69) is 10.2 Å². The number of benzene rings is 1. The number of para-hydroxylation sites is 1. The lowest BCUT2D eigenvalue weighted by molar-refractivity contribution is 0.146. The summed E-state index contributed by atoms with van der Waals surface area (Å²) in [5, 5.41) is 2.62. The van der Waals surface area contributed by atoms with Crippen molar-refractivity contribution in [1.82, 2.24) is 9.80 Å². The topological polar surface area (TPSA) is 61.6 Å². The van der Waals surface area contributed by atoms with Crippen LogP contribution in [0.1, 0.15) is 12.8 Å². The Morgan fingerprint density at radius 1 is 1.19 bits per heavy atom. The van der Waals surface area contributed by atoms with Crippen LogP contribution in [0.4, 0.5) is 14.9 Å². The molecule has 1 aromatic carbocycles. The van der Waals surface area contributed by atoms with Crippen LogP contribution in [0.3, 0.4) is 0 Å². The van der Waals surface area contributed by atoms with E-state index in [-0.39, 0.29) is 11.7 Å². The molecule has 2 rings (SSSR count). The molecule has 0 radical (unpaired) electrons. The Labute approximate surface area is 124 Å². The van der Waals surface area contributed by atoms with E-state index >= 15 is 0 Å². The first-order chi connectivity index (χ1) is 10.2. The van der Waals surface area contributed by atoms with Gasteiger partial charge in [0.05, 0.1) is 5.69 Å². The molecule has 0 unspecified atom stereocenters. The van der Waals surface area contributed by atoms with Crippen LogP contribution in [-0.2, 0) is 0 Å². The monoisotopic (exact) mass is 294 g/mol. The van der Waals surface area contributed by atoms with Crippen molar-refractivity contribution < 1.29 is 9.18 Å². The molecule has 3 N–H and O–H groups in total. The molecule has 116 valence electrons. The Kier molecular flexibility index (Phi) is 5.95. The van der Waals surface area contributed by atoms with Gasteiger partial charge in [-0.2, -0.15) is 0 Å². The molecular formula is C15H23FN4O. The van der Waals surface area contributed by atoms with Gasteiger partial charge in [0.25, 0.3) is 0 Å². The molecule has 5 nitrogen and oxygen atoms in total. The second-order valence-corrected chi connectivity index (χ2v) is 5.23. The van der Waals surface area contributed by atoms with Gasteiger partial charge in [-0.1, -0.05) is 12.1 Å². The minimum Gasteiger partial charge on any atom is -0.330 e. The molecule has 1 aliphatic heterocycles. The molecule has 1 fully saturated rings. The summed E-state index contributed by atoms with van der Waals surface area (Å²) in [5.41, 5.74) is 5.71. The molecule has 2 amide bonds. The van der Waals surface area contributed by atoms with Gasteiger partial charge in [0.1, 0.15) is 5.82 Å². The highest BCUT2D eigenvalue weighted by Crippen LogP contribution is 2.14. The summed E-state index contributed by atoms with van der Waals surface area (Å²) < 4.78 is 13.5.